The Morgan fingerprint density at radius 1 is 0.500 bits per heavy atom. The van der Waals surface area contributed by atoms with Crippen molar-refractivity contribution in [2.75, 3.05) is 4.90 Å². The van der Waals surface area contributed by atoms with Crippen LogP contribution < -0.4 is 4.90 Å². The molecule has 0 spiro atoms. The van der Waals surface area contributed by atoms with Gasteiger partial charge in [-0.25, -0.2) is 0 Å². The minimum absolute atomic E-state index is 0.0614. The molecule has 2 aliphatic rings. The van der Waals surface area contributed by atoms with Gasteiger partial charge in [-0.1, -0.05) is 217 Å². The minimum atomic E-state index is -0.644. The van der Waals surface area contributed by atoms with Crippen molar-refractivity contribution in [2.45, 2.75) is 57.8 Å². The molecule has 0 heterocycles. The Morgan fingerprint density at radius 3 is 1.59 bits per heavy atom. The van der Waals surface area contributed by atoms with Crippen molar-refractivity contribution >= 4 is 28.2 Å². The predicted octanol–water partition coefficient (Wildman–Crippen LogP) is 16.8. The van der Waals surface area contributed by atoms with Gasteiger partial charge in [0.2, 0.25) is 0 Å². The van der Waals surface area contributed by atoms with Crippen LogP contribution in [0.2, 0.25) is 0 Å². The summed E-state index contributed by atoms with van der Waals surface area (Å²) in [5.41, 5.74) is 21.5. The first kappa shape index (κ1) is 40.8. The topological polar surface area (TPSA) is 3.24 Å². The number of benzene rings is 8. The van der Waals surface area contributed by atoms with Crippen LogP contribution in [0, 0.1) is 0 Å². The quantitative estimate of drug-likeness (QED) is 0.148. The molecule has 0 fully saturated rings. The highest BCUT2D eigenvalue weighted by Gasteiger charge is 2.49. The second-order valence-electron chi connectivity index (χ2n) is 19.0. The van der Waals surface area contributed by atoms with E-state index in [0.29, 0.717) is 0 Å². The zero-order chi connectivity index (χ0) is 44.2. The molecule has 312 valence electrons. The second kappa shape index (κ2) is 15.8. The maximum absolute atomic E-state index is 4.35. The van der Waals surface area contributed by atoms with Crippen molar-refractivity contribution in [3.63, 3.8) is 0 Å². The van der Waals surface area contributed by atoms with Gasteiger partial charge in [0.15, 0.2) is 0 Å². The Labute approximate surface area is 380 Å². The molecule has 0 amide bonds. The van der Waals surface area contributed by atoms with E-state index in [1.807, 2.05) is 6.08 Å². The zero-order valence-corrected chi connectivity index (χ0v) is 37.9. The van der Waals surface area contributed by atoms with E-state index in [9.17, 15) is 0 Å². The maximum Gasteiger partial charge on any atom is 0.0714 e. The second-order valence-corrected chi connectivity index (χ2v) is 19.0. The Bertz CT molecular complexity index is 3050. The van der Waals surface area contributed by atoms with Crippen molar-refractivity contribution in [1.29, 1.82) is 0 Å². The van der Waals surface area contributed by atoms with Crippen molar-refractivity contribution < 1.29 is 0 Å². The molecular weight excluding hydrogens is 771 g/mol. The van der Waals surface area contributed by atoms with E-state index < -0.39 is 5.41 Å². The van der Waals surface area contributed by atoms with Crippen LogP contribution in [0.1, 0.15) is 86.1 Å². The van der Waals surface area contributed by atoms with Gasteiger partial charge >= 0.3 is 0 Å². The lowest BCUT2D eigenvalue weighted by Crippen LogP contribution is -2.29. The highest BCUT2D eigenvalue weighted by molar-refractivity contribution is 6.06. The third-order valence-electron chi connectivity index (χ3n) is 13.9. The van der Waals surface area contributed by atoms with E-state index in [-0.39, 0.29) is 10.8 Å². The number of anilines is 3. The fourth-order valence-electron chi connectivity index (χ4n) is 10.6. The lowest BCUT2D eigenvalue weighted by atomic mass is 9.67. The maximum atomic E-state index is 4.35. The molecule has 0 N–H and O–H groups in total. The monoisotopic (exact) mass is 825 g/mol. The normalized spacial score (nSPS) is 15.9. The number of fused-ring (bicyclic) bond motifs is 4. The molecule has 8 aromatic rings. The average molecular weight is 826 g/mol. The van der Waals surface area contributed by atoms with Gasteiger partial charge in [-0.15, -0.1) is 0 Å². The lowest BCUT2D eigenvalue weighted by molar-refractivity contribution is 0.590. The Balaban J connectivity index is 1.25. The van der Waals surface area contributed by atoms with Gasteiger partial charge in [0.1, 0.15) is 0 Å². The number of allylic oxidation sites excluding steroid dienone is 5. The number of hydrogen-bond acceptors (Lipinski definition) is 1. The Hall–Kier alpha value is -7.22. The predicted molar refractivity (Wildman–Crippen MR) is 273 cm³/mol. The number of rotatable bonds is 8. The van der Waals surface area contributed by atoms with Gasteiger partial charge in [-0.05, 0) is 132 Å². The highest BCUT2D eigenvalue weighted by Crippen LogP contribution is 2.60. The summed E-state index contributed by atoms with van der Waals surface area (Å²) >= 11 is 0. The van der Waals surface area contributed by atoms with E-state index in [4.69, 9.17) is 0 Å². The first-order valence-electron chi connectivity index (χ1n) is 22.6. The van der Waals surface area contributed by atoms with Crippen molar-refractivity contribution in [1.82, 2.24) is 0 Å². The summed E-state index contributed by atoms with van der Waals surface area (Å²) in [7, 11) is 0. The van der Waals surface area contributed by atoms with E-state index >= 15 is 0 Å². The zero-order valence-electron chi connectivity index (χ0n) is 37.9. The van der Waals surface area contributed by atoms with Crippen LogP contribution in [0.4, 0.5) is 17.1 Å². The standard InChI is InChI=1S/C63H55N/c1-8-20-57-60(43(2)44-29-33-47(34-30-44)61(3,4)5)55-40-38-52(42-59(55)63(57,48-23-14-10-15-24-48)49-25-16-11-17-26-49)64(50-35-31-46(32-36-50)45-21-12-9-13-22-45)51-37-39-54-53-27-18-19-28-56(53)62(6,7)58(54)41-51/h8-42H,1H2,2-7H3/b57-20?,60-43+. The van der Waals surface area contributed by atoms with E-state index in [1.165, 1.54) is 83.5 Å². The molecule has 10 rings (SSSR count). The summed E-state index contributed by atoms with van der Waals surface area (Å²) in [6, 6.07) is 74.3. The largest absolute Gasteiger partial charge is 0.310 e. The SMILES string of the molecule is C=CC=C1/C(=C(\C)c2ccc(C(C)(C)C)cc2)c2ccc(N(c3ccc(-c4ccccc4)cc3)c3ccc4c(c3)C(C)(C)c3ccccc3-4)cc2C1(c1ccccc1)c1ccccc1. The average Bonchev–Trinajstić information content (AvgIpc) is 3.74. The molecule has 1 nitrogen and oxygen atoms in total. The smallest absolute Gasteiger partial charge is 0.0714 e. The summed E-state index contributed by atoms with van der Waals surface area (Å²) in [6.45, 7) is 18.2. The molecule has 64 heavy (non-hydrogen) atoms. The van der Waals surface area contributed by atoms with Gasteiger partial charge in [0.25, 0.3) is 0 Å². The van der Waals surface area contributed by atoms with Gasteiger partial charge in [-0.2, -0.15) is 0 Å². The Morgan fingerprint density at radius 2 is 1.00 bits per heavy atom. The van der Waals surface area contributed by atoms with Crippen LogP contribution in [0.15, 0.2) is 224 Å². The highest BCUT2D eigenvalue weighted by atomic mass is 15.1. The van der Waals surface area contributed by atoms with E-state index in [2.05, 4.69) is 259 Å². The van der Waals surface area contributed by atoms with Crippen LogP contribution in [-0.2, 0) is 16.2 Å². The van der Waals surface area contributed by atoms with Crippen LogP contribution in [0.5, 0.6) is 0 Å². The number of hydrogen-bond donors (Lipinski definition) is 0. The molecule has 0 radical (unpaired) electrons. The summed E-state index contributed by atoms with van der Waals surface area (Å²) in [4.78, 5) is 2.46. The fraction of sp³-hybridized carbons (Fsp3) is 0.143. The lowest BCUT2D eigenvalue weighted by Gasteiger charge is -2.35. The molecule has 0 saturated carbocycles. The van der Waals surface area contributed by atoms with Crippen molar-refractivity contribution in [3.8, 4) is 22.3 Å². The molecule has 8 aromatic carbocycles. The first-order chi connectivity index (χ1) is 31.0. The molecule has 0 atom stereocenters. The van der Waals surface area contributed by atoms with Crippen LogP contribution >= 0.6 is 0 Å². The minimum Gasteiger partial charge on any atom is -0.310 e. The summed E-state index contributed by atoms with van der Waals surface area (Å²) < 4.78 is 0. The van der Waals surface area contributed by atoms with Gasteiger partial charge < -0.3 is 4.90 Å². The molecule has 0 aliphatic heterocycles. The van der Waals surface area contributed by atoms with Gasteiger partial charge in [0, 0.05) is 22.5 Å². The fourth-order valence-corrected chi connectivity index (χ4v) is 10.6. The van der Waals surface area contributed by atoms with Crippen LogP contribution in [0.3, 0.4) is 0 Å². The number of nitrogens with zero attached hydrogens (tertiary/aromatic N) is 1. The van der Waals surface area contributed by atoms with Crippen LogP contribution in [-0.4, -0.2) is 0 Å². The molecular formula is C63H55N. The van der Waals surface area contributed by atoms with Gasteiger partial charge in [-0.3, -0.25) is 0 Å². The summed E-state index contributed by atoms with van der Waals surface area (Å²) in [5, 5.41) is 0. The third kappa shape index (κ3) is 6.61. The molecule has 0 saturated heterocycles. The van der Waals surface area contributed by atoms with Crippen molar-refractivity contribution in [2.24, 2.45) is 0 Å². The van der Waals surface area contributed by atoms with Gasteiger partial charge in [0.05, 0.1) is 5.41 Å². The molecule has 0 aromatic heterocycles. The summed E-state index contributed by atoms with van der Waals surface area (Å²) in [6.07, 6.45) is 4.24. The molecule has 1 heteroatoms. The molecule has 0 unspecified atom stereocenters. The third-order valence-corrected chi connectivity index (χ3v) is 13.9. The van der Waals surface area contributed by atoms with Crippen LogP contribution in [0.25, 0.3) is 33.4 Å². The van der Waals surface area contributed by atoms with E-state index in [0.717, 1.165) is 17.1 Å². The molecule has 0 bridgehead atoms. The first-order valence-corrected chi connectivity index (χ1v) is 22.6. The van der Waals surface area contributed by atoms with Crippen molar-refractivity contribution in [3.05, 3.63) is 269 Å². The summed E-state index contributed by atoms with van der Waals surface area (Å²) in [5.74, 6) is 0. The molecule has 2 aliphatic carbocycles. The van der Waals surface area contributed by atoms with E-state index in [1.54, 1.807) is 0 Å². The Kier molecular flexibility index (Phi) is 10.1.